The minimum atomic E-state index is 0.0927. The van der Waals surface area contributed by atoms with E-state index in [-0.39, 0.29) is 6.61 Å². The lowest BCUT2D eigenvalue weighted by Crippen LogP contribution is -2.38. The first-order chi connectivity index (χ1) is 11.3. The van der Waals surface area contributed by atoms with E-state index in [1.54, 1.807) is 0 Å². The van der Waals surface area contributed by atoms with Gasteiger partial charge in [0.1, 0.15) is 5.75 Å². The van der Waals surface area contributed by atoms with Crippen molar-refractivity contribution < 1.29 is 9.84 Å². The second-order valence-corrected chi connectivity index (χ2v) is 5.12. The summed E-state index contributed by atoms with van der Waals surface area (Å²) in [6.45, 7) is 4.70. The maximum atomic E-state index is 8.83. The number of fused-ring (bicyclic) bond motifs is 1. The van der Waals surface area contributed by atoms with Crippen LogP contribution in [0, 0.1) is 0 Å². The average Bonchev–Trinajstić information content (AvgIpc) is 2.59. The van der Waals surface area contributed by atoms with E-state index in [2.05, 4.69) is 39.9 Å². The molecule has 0 unspecified atom stereocenters. The minimum absolute atomic E-state index is 0.0927. The van der Waals surface area contributed by atoms with Gasteiger partial charge in [0.05, 0.1) is 13.2 Å². The Balaban J connectivity index is 1.77. The molecule has 5 heteroatoms. The highest BCUT2D eigenvalue weighted by Gasteiger charge is 1.98. The van der Waals surface area contributed by atoms with E-state index in [9.17, 15) is 0 Å². The van der Waals surface area contributed by atoms with E-state index in [1.807, 2.05) is 25.1 Å². The van der Waals surface area contributed by atoms with Crippen LogP contribution in [-0.4, -0.2) is 43.9 Å². The van der Waals surface area contributed by atoms with Crippen molar-refractivity contribution in [2.75, 3.05) is 32.8 Å². The molecule has 0 spiro atoms. The first-order valence-electron chi connectivity index (χ1n) is 8.08. The third kappa shape index (κ3) is 5.79. The van der Waals surface area contributed by atoms with Gasteiger partial charge in [0, 0.05) is 26.1 Å². The lowest BCUT2D eigenvalue weighted by molar-refractivity contribution is 0.299. The second kappa shape index (κ2) is 9.69. The van der Waals surface area contributed by atoms with Crippen LogP contribution < -0.4 is 15.4 Å². The summed E-state index contributed by atoms with van der Waals surface area (Å²) >= 11 is 0. The van der Waals surface area contributed by atoms with Crippen LogP contribution >= 0.6 is 0 Å². The van der Waals surface area contributed by atoms with Gasteiger partial charge in [-0.3, -0.25) is 4.99 Å². The molecule has 3 N–H and O–H groups in total. The largest absolute Gasteiger partial charge is 0.494 e. The van der Waals surface area contributed by atoms with Crippen molar-refractivity contribution >= 4 is 16.7 Å². The van der Waals surface area contributed by atoms with Crippen molar-refractivity contribution in [2.45, 2.75) is 13.3 Å². The Morgan fingerprint density at radius 1 is 1.13 bits per heavy atom. The molecule has 0 heterocycles. The van der Waals surface area contributed by atoms with Crippen molar-refractivity contribution in [3.8, 4) is 5.75 Å². The van der Waals surface area contributed by atoms with Gasteiger partial charge < -0.3 is 20.5 Å². The molecule has 0 aliphatic heterocycles. The average molecular weight is 315 g/mol. The minimum Gasteiger partial charge on any atom is -0.494 e. The van der Waals surface area contributed by atoms with Gasteiger partial charge in [-0.1, -0.05) is 30.3 Å². The number of rotatable bonds is 8. The summed E-state index contributed by atoms with van der Waals surface area (Å²) in [5.74, 6) is 1.62. The molecular weight excluding hydrogens is 290 g/mol. The zero-order valence-electron chi connectivity index (χ0n) is 13.6. The molecular formula is C18H25N3O2. The molecule has 0 radical (unpaired) electrons. The molecule has 0 fully saturated rings. The van der Waals surface area contributed by atoms with Crippen LogP contribution in [0.15, 0.2) is 47.5 Å². The zero-order chi connectivity index (χ0) is 16.3. The molecule has 0 bridgehead atoms. The molecule has 124 valence electrons. The molecule has 2 aromatic carbocycles. The van der Waals surface area contributed by atoms with Crippen molar-refractivity contribution in [1.29, 1.82) is 0 Å². The van der Waals surface area contributed by atoms with E-state index in [0.717, 1.165) is 24.7 Å². The fourth-order valence-corrected chi connectivity index (χ4v) is 2.22. The van der Waals surface area contributed by atoms with Crippen molar-refractivity contribution in [2.24, 2.45) is 4.99 Å². The fourth-order valence-electron chi connectivity index (χ4n) is 2.22. The van der Waals surface area contributed by atoms with Gasteiger partial charge >= 0.3 is 0 Å². The first kappa shape index (κ1) is 17.1. The number of benzene rings is 2. The Morgan fingerprint density at radius 2 is 1.96 bits per heavy atom. The molecule has 0 aromatic heterocycles. The molecule has 2 rings (SSSR count). The number of nitrogens with zero attached hydrogens (tertiary/aromatic N) is 1. The summed E-state index contributed by atoms with van der Waals surface area (Å²) in [6.07, 6.45) is 0.836. The van der Waals surface area contributed by atoms with Gasteiger partial charge in [-0.2, -0.15) is 0 Å². The smallest absolute Gasteiger partial charge is 0.191 e. The molecule has 5 nitrogen and oxygen atoms in total. The van der Waals surface area contributed by atoms with E-state index in [1.165, 1.54) is 10.8 Å². The third-order valence-electron chi connectivity index (χ3n) is 3.31. The van der Waals surface area contributed by atoms with Crippen molar-refractivity contribution in [3.63, 3.8) is 0 Å². The van der Waals surface area contributed by atoms with Gasteiger partial charge in [-0.05, 0) is 29.8 Å². The number of aliphatic hydroxyl groups excluding tert-OH is 1. The number of nitrogens with one attached hydrogen (secondary N) is 2. The first-order valence-corrected chi connectivity index (χ1v) is 8.08. The van der Waals surface area contributed by atoms with Gasteiger partial charge in [-0.25, -0.2) is 0 Å². The van der Waals surface area contributed by atoms with E-state index in [4.69, 9.17) is 9.84 Å². The summed E-state index contributed by atoms with van der Waals surface area (Å²) in [4.78, 5) is 4.44. The Kier molecular flexibility index (Phi) is 7.20. The highest BCUT2D eigenvalue weighted by molar-refractivity contribution is 5.83. The Labute approximate surface area is 137 Å². The topological polar surface area (TPSA) is 65.9 Å². The van der Waals surface area contributed by atoms with Gasteiger partial charge in [0.25, 0.3) is 0 Å². The predicted molar refractivity (Wildman–Crippen MR) is 95.1 cm³/mol. The SMILES string of the molecule is CCNC(=NCCCOc1ccc2ccccc2c1)NCCO. The maximum Gasteiger partial charge on any atom is 0.191 e. The van der Waals surface area contributed by atoms with Crippen LogP contribution in [0.2, 0.25) is 0 Å². The highest BCUT2D eigenvalue weighted by atomic mass is 16.5. The number of hydrogen-bond donors (Lipinski definition) is 3. The maximum absolute atomic E-state index is 8.83. The summed E-state index contributed by atoms with van der Waals surface area (Å²) < 4.78 is 5.79. The van der Waals surface area contributed by atoms with E-state index >= 15 is 0 Å². The molecule has 0 saturated heterocycles. The number of hydrogen-bond acceptors (Lipinski definition) is 3. The number of guanidine groups is 1. The lowest BCUT2D eigenvalue weighted by Gasteiger charge is -2.10. The van der Waals surface area contributed by atoms with E-state index in [0.29, 0.717) is 19.7 Å². The van der Waals surface area contributed by atoms with Crippen LogP contribution in [0.3, 0.4) is 0 Å². The molecule has 0 aliphatic carbocycles. The van der Waals surface area contributed by atoms with Gasteiger partial charge in [-0.15, -0.1) is 0 Å². The molecule has 0 aliphatic rings. The van der Waals surface area contributed by atoms with Gasteiger partial charge in [0.2, 0.25) is 0 Å². The number of aliphatic imine (C=N–C) groups is 1. The van der Waals surface area contributed by atoms with Crippen molar-refractivity contribution in [3.05, 3.63) is 42.5 Å². The molecule has 0 amide bonds. The Bertz CT molecular complexity index is 628. The normalized spacial score (nSPS) is 11.5. The molecule has 0 saturated carbocycles. The van der Waals surface area contributed by atoms with Crippen LogP contribution in [0.4, 0.5) is 0 Å². The van der Waals surface area contributed by atoms with Crippen LogP contribution in [-0.2, 0) is 0 Å². The summed E-state index contributed by atoms with van der Waals surface area (Å²) in [6, 6.07) is 14.4. The van der Waals surface area contributed by atoms with Crippen LogP contribution in [0.5, 0.6) is 5.75 Å². The summed E-state index contributed by atoms with van der Waals surface area (Å²) in [7, 11) is 0. The quantitative estimate of drug-likeness (QED) is 0.397. The molecule has 23 heavy (non-hydrogen) atoms. The standard InChI is InChI=1S/C18H25N3O2/c1-2-19-18(21-11-12-22)20-10-5-13-23-17-9-8-15-6-3-4-7-16(15)14-17/h3-4,6-9,14,22H,2,5,10-13H2,1H3,(H2,19,20,21). The Hall–Kier alpha value is -2.27. The zero-order valence-corrected chi connectivity index (χ0v) is 13.6. The number of aliphatic hydroxyl groups is 1. The van der Waals surface area contributed by atoms with E-state index < -0.39 is 0 Å². The second-order valence-electron chi connectivity index (χ2n) is 5.12. The van der Waals surface area contributed by atoms with Crippen LogP contribution in [0.25, 0.3) is 10.8 Å². The van der Waals surface area contributed by atoms with Gasteiger partial charge in [0.15, 0.2) is 5.96 Å². The third-order valence-corrected chi connectivity index (χ3v) is 3.31. The summed E-state index contributed by atoms with van der Waals surface area (Å²) in [5.41, 5.74) is 0. The molecule has 2 aromatic rings. The monoisotopic (exact) mass is 315 g/mol. The summed E-state index contributed by atoms with van der Waals surface area (Å²) in [5, 5.41) is 17.4. The molecule has 0 atom stereocenters. The predicted octanol–water partition coefficient (Wildman–Crippen LogP) is 2.16. The lowest BCUT2D eigenvalue weighted by atomic mass is 10.1. The van der Waals surface area contributed by atoms with Crippen LogP contribution in [0.1, 0.15) is 13.3 Å². The highest BCUT2D eigenvalue weighted by Crippen LogP contribution is 2.20. The fraction of sp³-hybridized carbons (Fsp3) is 0.389. The van der Waals surface area contributed by atoms with Crippen molar-refractivity contribution in [1.82, 2.24) is 10.6 Å². The number of ether oxygens (including phenoxy) is 1. The Morgan fingerprint density at radius 3 is 2.74 bits per heavy atom.